The maximum absolute atomic E-state index is 12.1. The first-order valence-electron chi connectivity index (χ1n) is 7.92. The molecule has 0 aromatic rings. The summed E-state index contributed by atoms with van der Waals surface area (Å²) in [5.74, 6) is 0.612. The van der Waals surface area contributed by atoms with Gasteiger partial charge in [0.2, 0.25) is 0 Å². The van der Waals surface area contributed by atoms with E-state index in [-0.39, 0.29) is 6.09 Å². The van der Waals surface area contributed by atoms with Gasteiger partial charge in [-0.2, -0.15) is 0 Å². The fourth-order valence-electron chi connectivity index (χ4n) is 2.13. The summed E-state index contributed by atoms with van der Waals surface area (Å²) in [6.45, 7) is 16.7. The number of carbonyl (C=O) groups excluding carboxylic acids is 1. The van der Waals surface area contributed by atoms with Crippen LogP contribution in [0, 0.1) is 5.92 Å². The number of hydrogen-bond acceptors (Lipinski definition) is 3. The molecule has 4 heteroatoms. The quantitative estimate of drug-likeness (QED) is 0.740. The topological polar surface area (TPSA) is 41.6 Å². The molecule has 1 amide bonds. The largest absolute Gasteiger partial charge is 0.444 e. The van der Waals surface area contributed by atoms with Gasteiger partial charge in [-0.05, 0) is 39.5 Å². The Morgan fingerprint density at radius 2 is 1.80 bits per heavy atom. The molecule has 1 unspecified atom stereocenters. The molecule has 0 spiro atoms. The Bertz CT molecular complexity index is 272. The van der Waals surface area contributed by atoms with Crippen LogP contribution in [0.4, 0.5) is 4.79 Å². The Morgan fingerprint density at radius 1 is 1.20 bits per heavy atom. The van der Waals surface area contributed by atoms with Crippen molar-refractivity contribution in [1.29, 1.82) is 0 Å². The average molecular weight is 286 g/mol. The summed E-state index contributed by atoms with van der Waals surface area (Å²) in [6, 6.07) is 0.511. The second kappa shape index (κ2) is 9.22. The summed E-state index contributed by atoms with van der Waals surface area (Å²) < 4.78 is 5.44. The smallest absolute Gasteiger partial charge is 0.410 e. The molecule has 0 radical (unpaired) electrons. The Morgan fingerprint density at radius 3 is 2.20 bits per heavy atom. The van der Waals surface area contributed by atoms with E-state index in [0.717, 1.165) is 25.9 Å². The highest BCUT2D eigenvalue weighted by Crippen LogP contribution is 2.10. The summed E-state index contributed by atoms with van der Waals surface area (Å²) in [7, 11) is 0. The fraction of sp³-hybridized carbons (Fsp3) is 0.938. The van der Waals surface area contributed by atoms with Gasteiger partial charge in [0.25, 0.3) is 0 Å². The molecule has 120 valence electrons. The van der Waals surface area contributed by atoms with Crippen molar-refractivity contribution in [3.05, 3.63) is 0 Å². The van der Waals surface area contributed by atoms with Gasteiger partial charge in [-0.15, -0.1) is 0 Å². The highest BCUT2D eigenvalue weighted by molar-refractivity contribution is 5.68. The van der Waals surface area contributed by atoms with Crippen LogP contribution in [-0.4, -0.2) is 42.3 Å². The Balaban J connectivity index is 4.30. The van der Waals surface area contributed by atoms with Gasteiger partial charge in [0, 0.05) is 25.7 Å². The van der Waals surface area contributed by atoms with Gasteiger partial charge in [0.05, 0.1) is 0 Å². The van der Waals surface area contributed by atoms with E-state index in [1.54, 1.807) is 4.90 Å². The molecule has 0 aliphatic carbocycles. The molecule has 0 heterocycles. The molecule has 0 rings (SSSR count). The molecule has 20 heavy (non-hydrogen) atoms. The molecule has 0 saturated carbocycles. The minimum absolute atomic E-state index is 0.209. The van der Waals surface area contributed by atoms with Crippen molar-refractivity contribution in [1.82, 2.24) is 10.2 Å². The van der Waals surface area contributed by atoms with Crippen LogP contribution in [0.1, 0.15) is 61.3 Å². The third kappa shape index (κ3) is 8.41. The second-order valence-corrected chi connectivity index (χ2v) is 6.68. The van der Waals surface area contributed by atoms with Crippen molar-refractivity contribution >= 4 is 6.09 Å². The van der Waals surface area contributed by atoms with Gasteiger partial charge in [-0.1, -0.05) is 27.7 Å². The SMILES string of the molecule is CCCN(CCNC(CC)C(C)C)C(=O)OC(C)(C)C. The zero-order chi connectivity index (χ0) is 15.8. The first-order chi connectivity index (χ1) is 9.21. The summed E-state index contributed by atoms with van der Waals surface area (Å²) in [6.07, 6.45) is 1.84. The third-order valence-electron chi connectivity index (χ3n) is 3.18. The molecule has 0 bridgehead atoms. The number of ether oxygens (including phenoxy) is 1. The Hall–Kier alpha value is -0.770. The summed E-state index contributed by atoms with van der Waals surface area (Å²) in [5, 5.41) is 3.53. The molecule has 0 aromatic heterocycles. The van der Waals surface area contributed by atoms with Crippen molar-refractivity contribution in [3.63, 3.8) is 0 Å². The van der Waals surface area contributed by atoms with Crippen LogP contribution in [-0.2, 0) is 4.74 Å². The van der Waals surface area contributed by atoms with E-state index in [1.807, 2.05) is 20.8 Å². The number of amides is 1. The monoisotopic (exact) mass is 286 g/mol. The zero-order valence-corrected chi connectivity index (χ0v) is 14.5. The first kappa shape index (κ1) is 19.2. The summed E-state index contributed by atoms with van der Waals surface area (Å²) in [4.78, 5) is 13.9. The minimum atomic E-state index is -0.430. The molecule has 1 N–H and O–H groups in total. The number of carbonyl (C=O) groups is 1. The van der Waals surface area contributed by atoms with Crippen molar-refractivity contribution in [2.75, 3.05) is 19.6 Å². The Kier molecular flexibility index (Phi) is 8.86. The summed E-state index contributed by atoms with van der Waals surface area (Å²) in [5.41, 5.74) is -0.430. The van der Waals surface area contributed by atoms with E-state index < -0.39 is 5.60 Å². The number of rotatable bonds is 8. The van der Waals surface area contributed by atoms with E-state index in [4.69, 9.17) is 4.74 Å². The van der Waals surface area contributed by atoms with Gasteiger partial charge in [0.1, 0.15) is 5.60 Å². The van der Waals surface area contributed by atoms with Crippen LogP contribution in [0.3, 0.4) is 0 Å². The highest BCUT2D eigenvalue weighted by atomic mass is 16.6. The minimum Gasteiger partial charge on any atom is -0.444 e. The summed E-state index contributed by atoms with van der Waals surface area (Å²) >= 11 is 0. The third-order valence-corrected chi connectivity index (χ3v) is 3.18. The fourth-order valence-corrected chi connectivity index (χ4v) is 2.13. The van der Waals surface area contributed by atoms with Gasteiger partial charge >= 0.3 is 6.09 Å². The zero-order valence-electron chi connectivity index (χ0n) is 14.5. The number of hydrogen-bond donors (Lipinski definition) is 1. The molecule has 0 aliphatic rings. The van der Waals surface area contributed by atoms with E-state index in [1.165, 1.54) is 0 Å². The van der Waals surface area contributed by atoms with Gasteiger partial charge in [-0.25, -0.2) is 4.79 Å². The molecule has 0 aliphatic heterocycles. The first-order valence-corrected chi connectivity index (χ1v) is 7.92. The Labute approximate surface area is 125 Å². The van der Waals surface area contributed by atoms with E-state index in [2.05, 4.69) is 33.0 Å². The lowest BCUT2D eigenvalue weighted by atomic mass is 10.0. The van der Waals surface area contributed by atoms with Gasteiger partial charge in [0.15, 0.2) is 0 Å². The lowest BCUT2D eigenvalue weighted by molar-refractivity contribution is 0.0250. The lowest BCUT2D eigenvalue weighted by Crippen LogP contribution is -2.43. The van der Waals surface area contributed by atoms with Crippen molar-refractivity contribution in [2.24, 2.45) is 5.92 Å². The lowest BCUT2D eigenvalue weighted by Gasteiger charge is -2.28. The molecular weight excluding hydrogens is 252 g/mol. The predicted octanol–water partition coefficient (Wildman–Crippen LogP) is 3.66. The van der Waals surface area contributed by atoms with Crippen molar-refractivity contribution < 1.29 is 9.53 Å². The highest BCUT2D eigenvalue weighted by Gasteiger charge is 2.21. The van der Waals surface area contributed by atoms with Crippen LogP contribution >= 0.6 is 0 Å². The van der Waals surface area contributed by atoms with Crippen LogP contribution in [0.25, 0.3) is 0 Å². The molecule has 0 fully saturated rings. The van der Waals surface area contributed by atoms with Crippen LogP contribution in [0.2, 0.25) is 0 Å². The van der Waals surface area contributed by atoms with Crippen LogP contribution < -0.4 is 5.32 Å². The maximum Gasteiger partial charge on any atom is 0.410 e. The van der Waals surface area contributed by atoms with E-state index in [9.17, 15) is 4.79 Å². The molecular formula is C16H34N2O2. The van der Waals surface area contributed by atoms with E-state index in [0.29, 0.717) is 18.5 Å². The maximum atomic E-state index is 12.1. The molecule has 0 aromatic carbocycles. The van der Waals surface area contributed by atoms with Crippen LogP contribution in [0.5, 0.6) is 0 Å². The van der Waals surface area contributed by atoms with Gasteiger partial charge < -0.3 is 15.0 Å². The van der Waals surface area contributed by atoms with Gasteiger partial charge in [-0.3, -0.25) is 0 Å². The van der Waals surface area contributed by atoms with Crippen LogP contribution in [0.15, 0.2) is 0 Å². The molecule has 1 atom stereocenters. The predicted molar refractivity (Wildman–Crippen MR) is 85.0 cm³/mol. The normalized spacial score (nSPS) is 13.4. The van der Waals surface area contributed by atoms with E-state index >= 15 is 0 Å². The molecule has 4 nitrogen and oxygen atoms in total. The number of nitrogens with zero attached hydrogens (tertiary/aromatic N) is 1. The van der Waals surface area contributed by atoms with Crippen molar-refractivity contribution in [2.45, 2.75) is 73.0 Å². The molecule has 0 saturated heterocycles. The second-order valence-electron chi connectivity index (χ2n) is 6.68. The number of nitrogens with one attached hydrogen (secondary N) is 1. The average Bonchev–Trinajstić information content (AvgIpc) is 2.30. The van der Waals surface area contributed by atoms with Crippen molar-refractivity contribution in [3.8, 4) is 0 Å². The standard InChI is InChI=1S/C16H34N2O2/c1-8-11-18(15(19)20-16(5,6)7)12-10-17-14(9-2)13(3)4/h13-14,17H,8-12H2,1-7H3.